The molecule has 0 fully saturated rings. The predicted molar refractivity (Wildman–Crippen MR) is 99.6 cm³/mol. The molecule has 1 rings (SSSR count). The Kier molecular flexibility index (Phi) is 10.5. The molecule has 0 aliphatic rings. The van der Waals surface area contributed by atoms with Crippen LogP contribution in [0.5, 0.6) is 5.95 Å². The molecule has 0 bridgehead atoms. The van der Waals surface area contributed by atoms with E-state index in [0.717, 1.165) is 25.5 Å². The topological polar surface area (TPSA) is 73.6 Å². The third kappa shape index (κ3) is 11.0. The third-order valence-electron chi connectivity index (χ3n) is 4.10. The maximum absolute atomic E-state index is 12.0. The van der Waals surface area contributed by atoms with Gasteiger partial charge in [-0.15, -0.1) is 0 Å². The Labute approximate surface area is 152 Å². The highest BCUT2D eigenvalue weighted by molar-refractivity contribution is 7.86. The molecule has 144 valence electrons. The minimum atomic E-state index is -3.63. The lowest BCUT2D eigenvalue weighted by Gasteiger charge is -2.02. The van der Waals surface area contributed by atoms with E-state index in [-0.39, 0.29) is 17.5 Å². The van der Waals surface area contributed by atoms with Gasteiger partial charge in [0.2, 0.25) is 0 Å². The highest BCUT2D eigenvalue weighted by Gasteiger charge is 2.14. The fraction of sp³-hybridized carbons (Fsp3) is 0.737. The molecule has 0 aliphatic carbocycles. The summed E-state index contributed by atoms with van der Waals surface area (Å²) in [4.78, 5) is 12.0. The summed E-state index contributed by atoms with van der Waals surface area (Å²) < 4.78 is 31.7. The van der Waals surface area contributed by atoms with E-state index in [4.69, 9.17) is 4.42 Å². The maximum atomic E-state index is 12.0. The van der Waals surface area contributed by atoms with E-state index in [1.165, 1.54) is 63.5 Å². The number of rotatable bonds is 15. The number of carbonyl (C=O) groups is 1. The lowest BCUT2D eigenvalue weighted by atomic mass is 10.0. The van der Waals surface area contributed by atoms with Crippen molar-refractivity contribution in [3.8, 4) is 5.95 Å². The maximum Gasteiger partial charge on any atom is 0.308 e. The Bertz CT molecular complexity index is 589. The van der Waals surface area contributed by atoms with Crippen molar-refractivity contribution in [3.63, 3.8) is 0 Å². The summed E-state index contributed by atoms with van der Waals surface area (Å²) in [6.45, 7) is 2.24. The highest BCUT2D eigenvalue weighted by Crippen LogP contribution is 2.20. The summed E-state index contributed by atoms with van der Waals surface area (Å²) in [6.07, 6.45) is 14.9. The molecule has 6 heteroatoms. The molecule has 0 radical (unpaired) electrons. The van der Waals surface area contributed by atoms with Gasteiger partial charge in [0.15, 0.2) is 11.5 Å². The van der Waals surface area contributed by atoms with Gasteiger partial charge >= 0.3 is 16.1 Å². The number of hydrogen-bond acceptors (Lipinski definition) is 5. The first-order valence-corrected chi connectivity index (χ1v) is 11.3. The van der Waals surface area contributed by atoms with Crippen LogP contribution in [0.15, 0.2) is 16.5 Å². The summed E-state index contributed by atoms with van der Waals surface area (Å²) in [5, 5.41) is 0. The second-order valence-corrected chi connectivity index (χ2v) is 8.19. The molecule has 0 saturated carbocycles. The zero-order chi connectivity index (χ0) is 18.5. The molecule has 25 heavy (non-hydrogen) atoms. The Morgan fingerprint density at radius 2 is 1.44 bits per heavy atom. The fourth-order valence-corrected chi connectivity index (χ4v) is 3.12. The molecule has 0 atom stereocenters. The van der Waals surface area contributed by atoms with Crippen LogP contribution in [0, 0.1) is 0 Å². The van der Waals surface area contributed by atoms with Gasteiger partial charge in [-0.1, -0.05) is 71.1 Å². The van der Waals surface area contributed by atoms with Gasteiger partial charge in [0.05, 0.1) is 6.26 Å². The summed E-state index contributed by atoms with van der Waals surface area (Å²) in [7, 11) is -3.63. The van der Waals surface area contributed by atoms with Crippen LogP contribution < -0.4 is 4.18 Å². The van der Waals surface area contributed by atoms with Crippen LogP contribution in [0.4, 0.5) is 0 Å². The van der Waals surface area contributed by atoms with Crippen molar-refractivity contribution < 1.29 is 21.8 Å². The summed E-state index contributed by atoms with van der Waals surface area (Å²) in [6, 6.07) is 2.82. The monoisotopic (exact) mass is 372 g/mol. The average Bonchev–Trinajstić information content (AvgIpc) is 2.99. The molecular weight excluding hydrogens is 340 g/mol. The van der Waals surface area contributed by atoms with Gasteiger partial charge < -0.3 is 8.60 Å². The first-order valence-electron chi connectivity index (χ1n) is 9.45. The molecule has 0 N–H and O–H groups in total. The van der Waals surface area contributed by atoms with Crippen LogP contribution >= 0.6 is 0 Å². The predicted octanol–water partition coefficient (Wildman–Crippen LogP) is 5.50. The van der Waals surface area contributed by atoms with Crippen LogP contribution in [-0.2, 0) is 10.1 Å². The van der Waals surface area contributed by atoms with Crippen molar-refractivity contribution >= 4 is 15.9 Å². The van der Waals surface area contributed by atoms with Gasteiger partial charge in [0.1, 0.15) is 0 Å². The van der Waals surface area contributed by atoms with Crippen molar-refractivity contribution in [2.45, 2.75) is 84.0 Å². The molecule has 0 amide bonds. The Balaban J connectivity index is 2.05. The van der Waals surface area contributed by atoms with Crippen LogP contribution in [0.25, 0.3) is 0 Å². The van der Waals surface area contributed by atoms with E-state index in [0.29, 0.717) is 6.42 Å². The second kappa shape index (κ2) is 12.1. The quantitative estimate of drug-likeness (QED) is 0.231. The smallest absolute Gasteiger partial charge is 0.308 e. The van der Waals surface area contributed by atoms with E-state index in [1.807, 2.05) is 0 Å². The first-order chi connectivity index (χ1) is 11.9. The molecule has 0 aliphatic heterocycles. The van der Waals surface area contributed by atoms with Gasteiger partial charge in [-0.05, 0) is 12.5 Å². The summed E-state index contributed by atoms with van der Waals surface area (Å²) in [5.41, 5.74) is 0. The highest BCUT2D eigenvalue weighted by atomic mass is 32.2. The number of furan rings is 1. The standard InChI is InChI=1S/C19H32O5S/c1-3-4-5-6-7-8-9-10-11-12-13-14-17(20)18-15-16-19(23-18)24-25(2,21)22/h15-16H,3-14H2,1-2H3. The molecule has 0 spiro atoms. The van der Waals surface area contributed by atoms with E-state index in [1.54, 1.807) is 0 Å². The van der Waals surface area contributed by atoms with Crippen LogP contribution in [-0.4, -0.2) is 20.5 Å². The molecule has 1 aromatic heterocycles. The van der Waals surface area contributed by atoms with Gasteiger partial charge in [-0.25, -0.2) is 0 Å². The van der Waals surface area contributed by atoms with Crippen molar-refractivity contribution in [2.24, 2.45) is 0 Å². The lowest BCUT2D eigenvalue weighted by molar-refractivity contribution is 0.0948. The largest absolute Gasteiger partial charge is 0.422 e. The third-order valence-corrected chi connectivity index (χ3v) is 4.56. The number of hydrogen-bond donors (Lipinski definition) is 0. The zero-order valence-corrected chi connectivity index (χ0v) is 16.4. The van der Waals surface area contributed by atoms with Crippen molar-refractivity contribution in [1.29, 1.82) is 0 Å². The first kappa shape index (κ1) is 21.7. The van der Waals surface area contributed by atoms with E-state index >= 15 is 0 Å². The molecule has 0 saturated heterocycles. The van der Waals surface area contributed by atoms with Gasteiger partial charge in [0, 0.05) is 12.5 Å². The number of Topliss-reactive ketones (excluding diaryl/α,β-unsaturated/α-hetero) is 1. The average molecular weight is 373 g/mol. The van der Waals surface area contributed by atoms with E-state index in [2.05, 4.69) is 11.1 Å². The minimum Gasteiger partial charge on any atom is -0.422 e. The molecule has 1 aromatic rings. The van der Waals surface area contributed by atoms with Gasteiger partial charge in [-0.3, -0.25) is 4.79 Å². The van der Waals surface area contributed by atoms with Crippen LogP contribution in [0.1, 0.15) is 94.5 Å². The van der Waals surface area contributed by atoms with Crippen LogP contribution in [0.2, 0.25) is 0 Å². The Morgan fingerprint density at radius 3 is 1.96 bits per heavy atom. The molecule has 5 nitrogen and oxygen atoms in total. The van der Waals surface area contributed by atoms with Crippen molar-refractivity contribution in [2.75, 3.05) is 6.26 Å². The summed E-state index contributed by atoms with van der Waals surface area (Å²) in [5.74, 6) is -0.116. The van der Waals surface area contributed by atoms with Crippen LogP contribution in [0.3, 0.4) is 0 Å². The van der Waals surface area contributed by atoms with Gasteiger partial charge in [0.25, 0.3) is 0 Å². The lowest BCUT2D eigenvalue weighted by Crippen LogP contribution is -2.04. The minimum absolute atomic E-state index is 0.112. The van der Waals surface area contributed by atoms with E-state index in [9.17, 15) is 13.2 Å². The second-order valence-electron chi connectivity index (χ2n) is 6.61. The number of carbonyl (C=O) groups excluding carboxylic acids is 1. The SMILES string of the molecule is CCCCCCCCCCCCCC(=O)c1ccc(OS(C)(=O)=O)o1. The summed E-state index contributed by atoms with van der Waals surface area (Å²) >= 11 is 0. The number of ketones is 1. The van der Waals surface area contributed by atoms with Gasteiger partial charge in [-0.2, -0.15) is 8.42 Å². The Hall–Kier alpha value is -1.30. The Morgan fingerprint density at radius 1 is 0.920 bits per heavy atom. The fourth-order valence-electron chi connectivity index (χ4n) is 2.74. The number of unbranched alkanes of at least 4 members (excludes halogenated alkanes) is 10. The normalized spacial score (nSPS) is 11.6. The molecular formula is C19H32O5S. The zero-order valence-electron chi connectivity index (χ0n) is 15.6. The van der Waals surface area contributed by atoms with Crippen molar-refractivity contribution in [1.82, 2.24) is 0 Å². The molecule has 0 unspecified atom stereocenters. The molecule has 0 aromatic carbocycles. The van der Waals surface area contributed by atoms with E-state index < -0.39 is 10.1 Å². The molecule has 1 heterocycles. The van der Waals surface area contributed by atoms with Crippen molar-refractivity contribution in [3.05, 3.63) is 17.9 Å².